The first-order chi connectivity index (χ1) is 40.2. The van der Waals surface area contributed by atoms with E-state index in [2.05, 4.69) is 297 Å². The molecule has 376 valence electrons. The third-order valence-corrected chi connectivity index (χ3v) is 22.6. The Morgan fingerprint density at radius 1 is 0.235 bits per heavy atom. The summed E-state index contributed by atoms with van der Waals surface area (Å²) in [4.78, 5) is 10.9. The maximum absolute atomic E-state index is 5.45. The summed E-state index contributed by atoms with van der Waals surface area (Å²) in [5, 5.41) is 10.6. The average Bonchev–Trinajstić information content (AvgIpc) is 4.54. The average molecular weight is 1050 g/mol. The van der Waals surface area contributed by atoms with Gasteiger partial charge in [0.25, 0.3) is 0 Å². The molecule has 0 atom stereocenters. The second kappa shape index (κ2) is 16.7. The highest BCUT2D eigenvalue weighted by atomic mass is 28.3. The van der Waals surface area contributed by atoms with Crippen LogP contribution in [0.1, 0.15) is 0 Å². The number of hydrogen-bond acceptors (Lipinski definition) is 2. The van der Waals surface area contributed by atoms with Gasteiger partial charge in [-0.05, 0) is 152 Å². The van der Waals surface area contributed by atoms with Gasteiger partial charge >= 0.3 is 0 Å². The normalized spacial score (nSPS) is 13.0. The van der Waals surface area contributed by atoms with E-state index in [4.69, 9.17) is 9.97 Å². The zero-order chi connectivity index (χ0) is 52.9. The smallest absolute Gasteiger partial charge is 0.182 e. The topological polar surface area (TPSA) is 45.5 Å². The van der Waals surface area contributed by atoms with Crippen molar-refractivity contribution in [2.45, 2.75) is 0 Å². The third-order valence-electron chi connectivity index (χ3n) is 17.6. The summed E-state index contributed by atoms with van der Waals surface area (Å²) in [5.41, 5.74) is 20.5. The molecule has 0 saturated heterocycles. The molecule has 0 N–H and O–H groups in total. The van der Waals surface area contributed by atoms with Crippen LogP contribution in [-0.2, 0) is 0 Å². The molecule has 7 heteroatoms. The number of benzene rings is 12. The first kappa shape index (κ1) is 44.4. The minimum Gasteiger partial charge on any atom is -0.309 e. The van der Waals surface area contributed by atoms with Crippen molar-refractivity contribution >= 4 is 94.5 Å². The molecule has 6 heterocycles. The minimum absolute atomic E-state index is 0.912. The van der Waals surface area contributed by atoms with E-state index in [0.29, 0.717) is 0 Å². The lowest BCUT2D eigenvalue weighted by molar-refractivity contribution is 1.10. The molecule has 2 aliphatic rings. The molecule has 0 fully saturated rings. The Bertz CT molecular complexity index is 4870. The Morgan fingerprint density at radius 2 is 0.543 bits per heavy atom. The second-order valence-corrected chi connectivity index (χ2v) is 25.3. The van der Waals surface area contributed by atoms with Gasteiger partial charge in [-0.1, -0.05) is 170 Å². The summed E-state index contributed by atoms with van der Waals surface area (Å²) >= 11 is 0. The van der Waals surface area contributed by atoms with Crippen LogP contribution in [0.25, 0.3) is 133 Å². The van der Waals surface area contributed by atoms with Gasteiger partial charge in [0, 0.05) is 55.4 Å². The fourth-order valence-corrected chi connectivity index (χ4v) is 19.8. The molecule has 0 unspecified atom stereocenters. The zero-order valence-electron chi connectivity index (χ0n) is 43.7. The van der Waals surface area contributed by atoms with Crippen LogP contribution in [0.3, 0.4) is 0 Å². The van der Waals surface area contributed by atoms with Crippen LogP contribution in [0.2, 0.25) is 0 Å². The lowest BCUT2D eigenvalue weighted by Crippen LogP contribution is -2.70. The molecular formula is C74H46N6Si. The standard InChI is InChI=1S/C74H46N6Si/c1-3-19-49(20-4-1)79-67-33-17-11-27-61(67)75-73(79)47-35-39-69-57(43-47)58-44-48(74-76-62-28-12-18-34-68(62)80(74)50-21-5-2-6-22-50)36-40-70(58)81(69)71-41-37-51(77-63-29-13-7-23-53(63)54-24-8-14-30-64(54)77)45-59(71)60-46-52(38-42-72(60)81)78-65-31-15-9-25-55(65)56-26-10-16-32-66(56)78/h1-46H. The Hall–Kier alpha value is -10.6. The lowest BCUT2D eigenvalue weighted by atomic mass is 10.0. The molecule has 2 aliphatic heterocycles. The predicted octanol–water partition coefficient (Wildman–Crippen LogP) is 15.2. The van der Waals surface area contributed by atoms with Crippen molar-refractivity contribution in [1.82, 2.24) is 28.2 Å². The Balaban J connectivity index is 0.940. The molecule has 4 aromatic heterocycles. The lowest BCUT2D eigenvalue weighted by Gasteiger charge is -2.28. The van der Waals surface area contributed by atoms with E-state index < -0.39 is 8.07 Å². The van der Waals surface area contributed by atoms with E-state index in [1.54, 1.807) is 0 Å². The summed E-state index contributed by atoms with van der Waals surface area (Å²) in [6.45, 7) is 0. The van der Waals surface area contributed by atoms with Crippen LogP contribution in [0.5, 0.6) is 0 Å². The highest BCUT2D eigenvalue weighted by Gasteiger charge is 2.54. The van der Waals surface area contributed by atoms with Crippen molar-refractivity contribution in [2.24, 2.45) is 0 Å². The van der Waals surface area contributed by atoms with Gasteiger partial charge in [0.05, 0.1) is 44.1 Å². The Labute approximate surface area is 467 Å². The third kappa shape index (κ3) is 6.10. The van der Waals surface area contributed by atoms with Crippen LogP contribution in [0, 0.1) is 0 Å². The largest absolute Gasteiger partial charge is 0.309 e. The molecule has 16 aromatic rings. The molecule has 0 amide bonds. The van der Waals surface area contributed by atoms with Crippen LogP contribution >= 0.6 is 0 Å². The Kier molecular flexibility index (Phi) is 9.16. The maximum atomic E-state index is 5.45. The van der Waals surface area contributed by atoms with Gasteiger partial charge in [-0.3, -0.25) is 9.13 Å². The molecule has 1 spiro atoms. The van der Waals surface area contributed by atoms with Gasteiger partial charge in [0.15, 0.2) is 8.07 Å². The summed E-state index contributed by atoms with van der Waals surface area (Å²) in [6.07, 6.45) is 0. The van der Waals surface area contributed by atoms with Crippen LogP contribution < -0.4 is 20.7 Å². The van der Waals surface area contributed by atoms with Crippen LogP contribution in [0.15, 0.2) is 279 Å². The van der Waals surface area contributed by atoms with Gasteiger partial charge < -0.3 is 9.13 Å². The van der Waals surface area contributed by atoms with E-state index in [1.165, 1.54) is 86.6 Å². The van der Waals surface area contributed by atoms with Crippen molar-refractivity contribution in [3.8, 4) is 67.8 Å². The molecule has 12 aromatic carbocycles. The van der Waals surface area contributed by atoms with Crippen LogP contribution in [-0.4, -0.2) is 36.3 Å². The molecule has 81 heavy (non-hydrogen) atoms. The molecule has 0 radical (unpaired) electrons. The number of imidazole rings is 2. The van der Waals surface area contributed by atoms with Crippen LogP contribution in [0.4, 0.5) is 0 Å². The van der Waals surface area contributed by atoms with Crippen molar-refractivity contribution in [3.63, 3.8) is 0 Å². The molecule has 0 aliphatic carbocycles. The summed E-state index contributed by atoms with van der Waals surface area (Å²) < 4.78 is 9.60. The monoisotopic (exact) mass is 1050 g/mol. The van der Waals surface area contributed by atoms with E-state index in [9.17, 15) is 0 Å². The predicted molar refractivity (Wildman–Crippen MR) is 337 cm³/mol. The molecule has 0 saturated carbocycles. The molecule has 6 nitrogen and oxygen atoms in total. The van der Waals surface area contributed by atoms with Crippen molar-refractivity contribution in [1.29, 1.82) is 0 Å². The summed E-state index contributed by atoms with van der Waals surface area (Å²) in [6, 6.07) is 103. The fourth-order valence-electron chi connectivity index (χ4n) is 14.3. The van der Waals surface area contributed by atoms with E-state index in [0.717, 1.165) is 67.6 Å². The zero-order valence-corrected chi connectivity index (χ0v) is 44.7. The number of hydrogen-bond donors (Lipinski definition) is 0. The van der Waals surface area contributed by atoms with Gasteiger partial charge in [-0.15, -0.1) is 0 Å². The quantitative estimate of drug-likeness (QED) is 0.156. The van der Waals surface area contributed by atoms with E-state index in [-0.39, 0.29) is 0 Å². The van der Waals surface area contributed by atoms with E-state index in [1.807, 2.05) is 0 Å². The summed E-state index contributed by atoms with van der Waals surface area (Å²) in [7, 11) is -3.12. The van der Waals surface area contributed by atoms with Gasteiger partial charge in [0.1, 0.15) is 11.6 Å². The molecule has 0 bridgehead atoms. The van der Waals surface area contributed by atoms with Crippen molar-refractivity contribution in [3.05, 3.63) is 279 Å². The molecule has 18 rings (SSSR count). The summed E-state index contributed by atoms with van der Waals surface area (Å²) in [5.74, 6) is 1.82. The SMILES string of the molecule is c1ccc(-n2c(-c3ccc4c(c3)-c3cc(-c5nc6ccccc6n5-c5ccccc5)ccc3[Si]43c4ccc(-n5c6ccccc6c6ccccc65)cc4-c4cc(-n5c6ccccc6c6ccccc65)ccc43)nc3ccccc32)cc1. The number of aromatic nitrogens is 6. The number of rotatable bonds is 6. The fraction of sp³-hybridized carbons (Fsp3) is 0. The number of para-hydroxylation sites is 10. The maximum Gasteiger partial charge on any atom is 0.182 e. The van der Waals surface area contributed by atoms with E-state index >= 15 is 0 Å². The second-order valence-electron chi connectivity index (χ2n) is 21.7. The minimum atomic E-state index is -3.12. The van der Waals surface area contributed by atoms with Gasteiger partial charge in [0.2, 0.25) is 0 Å². The number of fused-ring (bicyclic) bond motifs is 18. The Morgan fingerprint density at radius 3 is 0.926 bits per heavy atom. The first-order valence-electron chi connectivity index (χ1n) is 27.8. The van der Waals surface area contributed by atoms with Crippen molar-refractivity contribution in [2.75, 3.05) is 0 Å². The number of nitrogens with zero attached hydrogens (tertiary/aromatic N) is 6. The van der Waals surface area contributed by atoms with Gasteiger partial charge in [-0.25, -0.2) is 9.97 Å². The highest BCUT2D eigenvalue weighted by molar-refractivity contribution is 7.24. The van der Waals surface area contributed by atoms with Gasteiger partial charge in [-0.2, -0.15) is 0 Å². The first-order valence-corrected chi connectivity index (χ1v) is 29.8. The molecular weight excluding hydrogens is 1000 g/mol. The van der Waals surface area contributed by atoms with Crippen molar-refractivity contribution < 1.29 is 0 Å². The highest BCUT2D eigenvalue weighted by Crippen LogP contribution is 2.43.